The summed E-state index contributed by atoms with van der Waals surface area (Å²) < 4.78 is 4.28. The normalized spacial score (nSPS) is 10.5. The average Bonchev–Trinajstić information content (AvgIpc) is 2.86. The summed E-state index contributed by atoms with van der Waals surface area (Å²) >= 11 is 1.46. The molecule has 0 radical (unpaired) electrons. The predicted octanol–water partition coefficient (Wildman–Crippen LogP) is 2.17. The molecule has 0 unspecified atom stereocenters. The number of aryl methyl sites for hydroxylation is 1. The van der Waals surface area contributed by atoms with Gasteiger partial charge in [0.1, 0.15) is 5.82 Å². The van der Waals surface area contributed by atoms with Crippen LogP contribution in [0.3, 0.4) is 0 Å². The number of hydrogen-bond acceptors (Lipinski definition) is 5. The minimum atomic E-state index is 0.893. The smallest absolute Gasteiger partial charge is 0.204 e. The number of likely N-dealkylation sites (N-methyl/N-ethyl adjacent to an activating group) is 1. The molecule has 5 heteroatoms. The lowest BCUT2D eigenvalue weighted by molar-refractivity contribution is 0.843. The fourth-order valence-corrected chi connectivity index (χ4v) is 2.20. The molecule has 0 aliphatic rings. The quantitative estimate of drug-likeness (QED) is 0.813. The van der Waals surface area contributed by atoms with Crippen LogP contribution < -0.4 is 4.90 Å². The Balaban J connectivity index is 1.91. The molecule has 0 bridgehead atoms. The van der Waals surface area contributed by atoms with E-state index in [4.69, 9.17) is 0 Å². The van der Waals surface area contributed by atoms with Crippen LogP contribution in [-0.2, 0) is 12.8 Å². The summed E-state index contributed by atoms with van der Waals surface area (Å²) in [6.07, 6.45) is 3.65. The van der Waals surface area contributed by atoms with E-state index in [2.05, 4.69) is 26.2 Å². The van der Waals surface area contributed by atoms with Crippen molar-refractivity contribution in [2.24, 2.45) is 0 Å². The molecule has 2 aromatic rings. The van der Waals surface area contributed by atoms with E-state index >= 15 is 0 Å². The van der Waals surface area contributed by atoms with Crippen LogP contribution in [0.5, 0.6) is 0 Å². The van der Waals surface area contributed by atoms with Gasteiger partial charge in [-0.3, -0.25) is 4.98 Å². The molecular weight excluding hydrogens is 232 g/mol. The van der Waals surface area contributed by atoms with Gasteiger partial charge in [-0.05, 0) is 12.1 Å². The fraction of sp³-hybridized carbons (Fsp3) is 0.417. The number of anilines is 1. The van der Waals surface area contributed by atoms with Crippen LogP contribution in [0.4, 0.5) is 5.13 Å². The molecule has 4 nitrogen and oxygen atoms in total. The van der Waals surface area contributed by atoms with Crippen LogP contribution in [-0.4, -0.2) is 27.9 Å². The Labute approximate surface area is 106 Å². The number of nitrogens with zero attached hydrogens (tertiary/aromatic N) is 4. The molecule has 0 amide bonds. The van der Waals surface area contributed by atoms with Crippen molar-refractivity contribution in [1.29, 1.82) is 0 Å². The summed E-state index contributed by atoms with van der Waals surface area (Å²) in [5.41, 5.74) is 1.11. The Morgan fingerprint density at radius 1 is 1.35 bits per heavy atom. The Bertz CT molecular complexity index is 455. The fourth-order valence-electron chi connectivity index (χ4n) is 1.47. The largest absolute Gasteiger partial charge is 0.350 e. The number of rotatable bonds is 5. The monoisotopic (exact) mass is 248 g/mol. The molecule has 0 N–H and O–H groups in total. The Kier molecular flexibility index (Phi) is 4.03. The zero-order valence-corrected chi connectivity index (χ0v) is 10.9. The van der Waals surface area contributed by atoms with Crippen molar-refractivity contribution in [2.45, 2.75) is 19.8 Å². The first-order valence-corrected chi connectivity index (χ1v) is 6.50. The Hall–Kier alpha value is -1.49. The van der Waals surface area contributed by atoms with Gasteiger partial charge >= 0.3 is 0 Å². The Morgan fingerprint density at radius 2 is 2.24 bits per heavy atom. The van der Waals surface area contributed by atoms with Gasteiger partial charge in [0.25, 0.3) is 0 Å². The molecule has 0 atom stereocenters. The van der Waals surface area contributed by atoms with Gasteiger partial charge in [-0.1, -0.05) is 13.0 Å². The van der Waals surface area contributed by atoms with Crippen LogP contribution in [0.15, 0.2) is 24.4 Å². The third kappa shape index (κ3) is 3.23. The summed E-state index contributed by atoms with van der Waals surface area (Å²) in [6, 6.07) is 6.00. The average molecular weight is 248 g/mol. The SMILES string of the molecule is CCc1nsc(N(C)CCc2ccccn2)n1. The highest BCUT2D eigenvalue weighted by Gasteiger charge is 2.07. The van der Waals surface area contributed by atoms with Gasteiger partial charge in [0.05, 0.1) is 0 Å². The molecule has 17 heavy (non-hydrogen) atoms. The molecule has 0 saturated heterocycles. The standard InChI is InChI=1S/C12H16N4S/c1-3-11-14-12(17-15-11)16(2)9-7-10-6-4-5-8-13-10/h4-6,8H,3,7,9H2,1-2H3. The van der Waals surface area contributed by atoms with Crippen molar-refractivity contribution >= 4 is 16.7 Å². The number of hydrogen-bond donors (Lipinski definition) is 0. The van der Waals surface area contributed by atoms with E-state index in [0.717, 1.165) is 36.0 Å². The van der Waals surface area contributed by atoms with E-state index in [9.17, 15) is 0 Å². The van der Waals surface area contributed by atoms with Crippen molar-refractivity contribution < 1.29 is 0 Å². The number of pyridine rings is 1. The third-order valence-corrected chi connectivity index (χ3v) is 3.40. The summed E-state index contributed by atoms with van der Waals surface area (Å²) in [7, 11) is 2.04. The zero-order chi connectivity index (χ0) is 12.1. The first kappa shape index (κ1) is 12.0. The molecule has 0 aliphatic heterocycles. The van der Waals surface area contributed by atoms with Crippen molar-refractivity contribution in [3.8, 4) is 0 Å². The number of aromatic nitrogens is 3. The maximum atomic E-state index is 4.45. The second kappa shape index (κ2) is 5.72. The van der Waals surface area contributed by atoms with Crippen molar-refractivity contribution in [2.75, 3.05) is 18.5 Å². The topological polar surface area (TPSA) is 41.9 Å². The van der Waals surface area contributed by atoms with Gasteiger partial charge in [0.15, 0.2) is 0 Å². The highest BCUT2D eigenvalue weighted by molar-refractivity contribution is 7.09. The third-order valence-electron chi connectivity index (χ3n) is 2.53. The first-order chi connectivity index (χ1) is 8.29. The molecule has 2 aromatic heterocycles. The lowest BCUT2D eigenvalue weighted by Gasteiger charge is -2.14. The van der Waals surface area contributed by atoms with E-state index in [0.29, 0.717) is 0 Å². The van der Waals surface area contributed by atoms with Crippen LogP contribution >= 0.6 is 11.5 Å². The molecule has 2 rings (SSSR count). The van der Waals surface area contributed by atoms with Crippen molar-refractivity contribution in [3.63, 3.8) is 0 Å². The van der Waals surface area contributed by atoms with Crippen molar-refractivity contribution in [3.05, 3.63) is 35.9 Å². The van der Waals surface area contributed by atoms with Crippen molar-refractivity contribution in [1.82, 2.24) is 14.3 Å². The van der Waals surface area contributed by atoms with Crippen LogP contribution in [0.2, 0.25) is 0 Å². The molecule has 0 fully saturated rings. The molecule has 0 spiro atoms. The summed E-state index contributed by atoms with van der Waals surface area (Å²) in [5, 5.41) is 0.984. The summed E-state index contributed by atoms with van der Waals surface area (Å²) in [5.74, 6) is 0.926. The predicted molar refractivity (Wildman–Crippen MR) is 70.5 cm³/mol. The highest BCUT2D eigenvalue weighted by atomic mass is 32.1. The first-order valence-electron chi connectivity index (χ1n) is 5.73. The summed E-state index contributed by atoms with van der Waals surface area (Å²) in [4.78, 5) is 10.9. The van der Waals surface area contributed by atoms with Crippen LogP contribution in [0.25, 0.3) is 0 Å². The maximum Gasteiger partial charge on any atom is 0.204 e. The van der Waals surface area contributed by atoms with Gasteiger partial charge in [-0.15, -0.1) is 0 Å². The van der Waals surface area contributed by atoms with E-state index in [1.54, 1.807) is 0 Å². The second-order valence-corrected chi connectivity index (χ2v) is 4.57. The van der Waals surface area contributed by atoms with Gasteiger partial charge < -0.3 is 4.90 Å². The van der Waals surface area contributed by atoms with Crippen LogP contribution in [0.1, 0.15) is 18.4 Å². The zero-order valence-electron chi connectivity index (χ0n) is 10.1. The van der Waals surface area contributed by atoms with Gasteiger partial charge in [-0.25, -0.2) is 4.98 Å². The maximum absolute atomic E-state index is 4.45. The second-order valence-electron chi connectivity index (χ2n) is 3.84. The minimum Gasteiger partial charge on any atom is -0.350 e. The van der Waals surface area contributed by atoms with Gasteiger partial charge in [-0.2, -0.15) is 4.37 Å². The summed E-state index contributed by atoms with van der Waals surface area (Å²) in [6.45, 7) is 2.98. The van der Waals surface area contributed by atoms with Gasteiger partial charge in [0.2, 0.25) is 5.13 Å². The lowest BCUT2D eigenvalue weighted by Crippen LogP contribution is -2.20. The van der Waals surface area contributed by atoms with E-state index in [1.807, 2.05) is 31.4 Å². The highest BCUT2D eigenvalue weighted by Crippen LogP contribution is 2.16. The van der Waals surface area contributed by atoms with E-state index in [-0.39, 0.29) is 0 Å². The Morgan fingerprint density at radius 3 is 2.88 bits per heavy atom. The minimum absolute atomic E-state index is 0.893. The molecule has 0 saturated carbocycles. The van der Waals surface area contributed by atoms with Crippen LogP contribution in [0, 0.1) is 0 Å². The molecular formula is C12H16N4S. The van der Waals surface area contributed by atoms with E-state index in [1.165, 1.54) is 11.5 Å². The molecule has 0 aromatic carbocycles. The van der Waals surface area contributed by atoms with Gasteiger partial charge in [0, 0.05) is 49.9 Å². The molecule has 2 heterocycles. The van der Waals surface area contributed by atoms with E-state index < -0.39 is 0 Å². The molecule has 0 aliphatic carbocycles. The lowest BCUT2D eigenvalue weighted by atomic mass is 10.2. The molecule has 90 valence electrons.